The average Bonchev–Trinajstić information content (AvgIpc) is 2.60. The van der Waals surface area contributed by atoms with Crippen LogP contribution >= 0.6 is 0 Å². The monoisotopic (exact) mass is 348 g/mol. The van der Waals surface area contributed by atoms with Crippen LogP contribution in [-0.4, -0.2) is 39.3 Å². The highest BCUT2D eigenvalue weighted by atomic mass is 32.2. The number of hydrogen-bond acceptors (Lipinski definition) is 3. The Hall–Kier alpha value is -1.66. The first-order valence-corrected chi connectivity index (χ1v) is 9.87. The molecule has 1 heterocycles. The van der Waals surface area contributed by atoms with Gasteiger partial charge in [-0.2, -0.15) is 0 Å². The minimum absolute atomic E-state index is 0.0473. The summed E-state index contributed by atoms with van der Waals surface area (Å²) in [5.41, 5.74) is 1.82. The number of benzene rings is 1. The highest BCUT2D eigenvalue weighted by Gasteiger charge is 2.29. The fourth-order valence-corrected chi connectivity index (χ4v) is 4.36. The van der Waals surface area contributed by atoms with Crippen molar-refractivity contribution in [3.05, 3.63) is 35.9 Å². The Morgan fingerprint density at radius 3 is 2.71 bits per heavy atom. The molecule has 2 aliphatic rings. The number of anilines is 1. The van der Waals surface area contributed by atoms with Crippen molar-refractivity contribution in [3.8, 4) is 0 Å². The van der Waals surface area contributed by atoms with Crippen molar-refractivity contribution in [2.75, 3.05) is 25.5 Å². The summed E-state index contributed by atoms with van der Waals surface area (Å²) < 4.78 is 25.9. The summed E-state index contributed by atoms with van der Waals surface area (Å²) >= 11 is 0. The zero-order valence-corrected chi connectivity index (χ0v) is 15.1. The Labute approximate surface area is 144 Å². The van der Waals surface area contributed by atoms with Crippen molar-refractivity contribution in [2.24, 2.45) is 5.92 Å². The molecule has 0 N–H and O–H groups in total. The molecule has 1 aliphatic carbocycles. The van der Waals surface area contributed by atoms with Gasteiger partial charge in [0.25, 0.3) is 0 Å². The third-order valence-corrected chi connectivity index (χ3v) is 6.64. The number of carbonyl (C=O) groups excluding carboxylic acids is 1. The second kappa shape index (κ2) is 6.69. The Bertz CT molecular complexity index is 768. The molecule has 1 aromatic rings. The minimum Gasteiger partial charge on any atom is -0.312 e. The molecule has 0 bridgehead atoms. The molecular formula is C18H24N2O3S. The summed E-state index contributed by atoms with van der Waals surface area (Å²) in [5, 5.41) is 0. The van der Waals surface area contributed by atoms with Crippen LogP contribution in [-0.2, 0) is 21.2 Å². The van der Waals surface area contributed by atoms with Gasteiger partial charge in [-0.3, -0.25) is 4.79 Å². The van der Waals surface area contributed by atoms with E-state index in [1.807, 2.05) is 4.90 Å². The van der Waals surface area contributed by atoms with E-state index in [1.54, 1.807) is 18.2 Å². The van der Waals surface area contributed by atoms with E-state index in [0.717, 1.165) is 43.4 Å². The van der Waals surface area contributed by atoms with Gasteiger partial charge in [0, 0.05) is 32.2 Å². The van der Waals surface area contributed by atoms with E-state index in [9.17, 15) is 13.2 Å². The van der Waals surface area contributed by atoms with Gasteiger partial charge < -0.3 is 4.90 Å². The number of carbonyl (C=O) groups is 1. The lowest BCUT2D eigenvalue weighted by molar-refractivity contribution is -0.122. The van der Waals surface area contributed by atoms with Crippen molar-refractivity contribution in [3.63, 3.8) is 0 Å². The number of fused-ring (bicyclic) bond motifs is 1. The Kier molecular flexibility index (Phi) is 4.78. The van der Waals surface area contributed by atoms with Gasteiger partial charge in [0.2, 0.25) is 15.9 Å². The Morgan fingerprint density at radius 1 is 1.25 bits per heavy atom. The molecule has 3 rings (SSSR count). The summed E-state index contributed by atoms with van der Waals surface area (Å²) in [4.78, 5) is 15.0. The molecule has 0 fully saturated rings. The molecule has 1 unspecified atom stereocenters. The molecule has 1 aromatic carbocycles. The van der Waals surface area contributed by atoms with Crippen molar-refractivity contribution >= 4 is 21.6 Å². The number of aryl methyl sites for hydroxylation is 1. The van der Waals surface area contributed by atoms with Gasteiger partial charge >= 0.3 is 0 Å². The highest BCUT2D eigenvalue weighted by Crippen LogP contribution is 2.32. The van der Waals surface area contributed by atoms with E-state index < -0.39 is 10.0 Å². The van der Waals surface area contributed by atoms with Crippen molar-refractivity contribution in [1.82, 2.24) is 4.31 Å². The van der Waals surface area contributed by atoms with Gasteiger partial charge in [-0.1, -0.05) is 12.2 Å². The van der Waals surface area contributed by atoms with Crippen LogP contribution in [0.1, 0.15) is 31.2 Å². The van der Waals surface area contributed by atoms with Crippen molar-refractivity contribution < 1.29 is 13.2 Å². The maximum absolute atomic E-state index is 12.9. The van der Waals surface area contributed by atoms with Gasteiger partial charge in [-0.05, 0) is 55.9 Å². The van der Waals surface area contributed by atoms with Crippen molar-refractivity contribution in [2.45, 2.75) is 37.0 Å². The third kappa shape index (κ3) is 3.13. The minimum atomic E-state index is -3.45. The van der Waals surface area contributed by atoms with Crippen LogP contribution in [0.3, 0.4) is 0 Å². The van der Waals surface area contributed by atoms with E-state index in [1.165, 1.54) is 18.4 Å². The Balaban J connectivity index is 1.91. The number of rotatable bonds is 3. The van der Waals surface area contributed by atoms with Crippen LogP contribution in [0.15, 0.2) is 35.2 Å². The molecular weight excluding hydrogens is 324 g/mol. The molecule has 24 heavy (non-hydrogen) atoms. The van der Waals surface area contributed by atoms with Gasteiger partial charge in [-0.25, -0.2) is 12.7 Å². The molecule has 5 nitrogen and oxygen atoms in total. The number of hydrogen-bond donors (Lipinski definition) is 0. The summed E-state index contributed by atoms with van der Waals surface area (Å²) in [6, 6.07) is 5.13. The van der Waals surface area contributed by atoms with E-state index in [-0.39, 0.29) is 11.8 Å². The molecule has 0 spiro atoms. The van der Waals surface area contributed by atoms with Crippen molar-refractivity contribution in [1.29, 1.82) is 0 Å². The lowest BCUT2D eigenvalue weighted by atomic mass is 9.91. The number of amides is 1. The predicted octanol–water partition coefficient (Wildman–Crippen LogP) is 2.57. The number of sulfonamides is 1. The first-order valence-electron chi connectivity index (χ1n) is 8.43. The smallest absolute Gasteiger partial charge is 0.242 e. The van der Waals surface area contributed by atoms with E-state index in [2.05, 4.69) is 12.2 Å². The average molecular weight is 348 g/mol. The first kappa shape index (κ1) is 17.2. The van der Waals surface area contributed by atoms with Crippen LogP contribution < -0.4 is 4.90 Å². The fraction of sp³-hybridized carbons (Fsp3) is 0.500. The molecule has 0 radical (unpaired) electrons. The zero-order valence-electron chi connectivity index (χ0n) is 14.2. The molecule has 1 aliphatic heterocycles. The lowest BCUT2D eigenvalue weighted by Crippen LogP contribution is -2.40. The van der Waals surface area contributed by atoms with Crippen LogP contribution in [0.5, 0.6) is 0 Å². The van der Waals surface area contributed by atoms with Crippen LogP contribution in [0.25, 0.3) is 0 Å². The van der Waals surface area contributed by atoms with Gasteiger partial charge in [0.1, 0.15) is 0 Å². The third-order valence-electron chi connectivity index (χ3n) is 4.83. The molecule has 0 saturated heterocycles. The molecule has 0 aromatic heterocycles. The molecule has 1 atom stereocenters. The first-order chi connectivity index (χ1) is 11.4. The zero-order chi connectivity index (χ0) is 17.3. The van der Waals surface area contributed by atoms with Crippen LogP contribution in [0.2, 0.25) is 0 Å². The number of allylic oxidation sites excluding steroid dienone is 2. The van der Waals surface area contributed by atoms with Gasteiger partial charge in [0.15, 0.2) is 0 Å². The Morgan fingerprint density at radius 2 is 2.04 bits per heavy atom. The second-order valence-corrected chi connectivity index (χ2v) is 8.80. The fourth-order valence-electron chi connectivity index (χ4n) is 3.41. The quantitative estimate of drug-likeness (QED) is 0.789. The summed E-state index contributed by atoms with van der Waals surface area (Å²) in [6.45, 7) is 0.714. The van der Waals surface area contributed by atoms with Gasteiger partial charge in [0.05, 0.1) is 4.90 Å². The van der Waals surface area contributed by atoms with Crippen LogP contribution in [0.4, 0.5) is 5.69 Å². The number of nitrogens with zero attached hydrogens (tertiary/aromatic N) is 2. The molecule has 1 amide bonds. The van der Waals surface area contributed by atoms with E-state index in [4.69, 9.17) is 0 Å². The predicted molar refractivity (Wildman–Crippen MR) is 94.5 cm³/mol. The summed E-state index contributed by atoms with van der Waals surface area (Å²) in [7, 11) is -0.390. The van der Waals surface area contributed by atoms with E-state index >= 15 is 0 Å². The normalized spacial score (nSPS) is 21.0. The van der Waals surface area contributed by atoms with Gasteiger partial charge in [-0.15, -0.1) is 0 Å². The summed E-state index contributed by atoms with van der Waals surface area (Å²) in [5.74, 6) is 0.217. The van der Waals surface area contributed by atoms with Crippen LogP contribution in [0, 0.1) is 5.92 Å². The van der Waals surface area contributed by atoms with E-state index in [0.29, 0.717) is 11.4 Å². The largest absolute Gasteiger partial charge is 0.312 e. The lowest BCUT2D eigenvalue weighted by Gasteiger charge is -2.33. The summed E-state index contributed by atoms with van der Waals surface area (Å²) in [6.07, 6.45) is 8.55. The second-order valence-electron chi connectivity index (χ2n) is 6.65. The molecule has 130 valence electrons. The molecule has 0 saturated carbocycles. The maximum Gasteiger partial charge on any atom is 0.242 e. The SMILES string of the molecule is CN(C)S(=O)(=O)c1ccc2c(c1)CCCN2C(=O)C1CC=CCC1. The topological polar surface area (TPSA) is 57.7 Å². The standard InChI is InChI=1S/C18H24N2O3S/c1-19(2)24(22,23)16-10-11-17-15(13-16)9-6-12-20(17)18(21)14-7-4-3-5-8-14/h3-4,10-11,13-14H,5-9,12H2,1-2H3. The molecule has 6 heteroatoms. The maximum atomic E-state index is 12.9. The highest BCUT2D eigenvalue weighted by molar-refractivity contribution is 7.89.